The van der Waals surface area contributed by atoms with E-state index < -0.39 is 34.9 Å². The molecule has 0 radical (unpaired) electrons. The lowest BCUT2D eigenvalue weighted by Gasteiger charge is -2.22. The van der Waals surface area contributed by atoms with Gasteiger partial charge in [0, 0.05) is 35.3 Å². The molecule has 3 amide bonds. The number of benzene rings is 5. The Morgan fingerprint density at radius 1 is 0.729 bits per heavy atom. The molecule has 10 nitrogen and oxygen atoms in total. The zero-order chi connectivity index (χ0) is 40.9. The third-order valence-electron chi connectivity index (χ3n) is 11.6. The largest absolute Gasteiger partial charge is 0.339 e. The van der Waals surface area contributed by atoms with Crippen molar-refractivity contribution in [3.63, 3.8) is 0 Å². The molecule has 0 saturated carbocycles. The average Bonchev–Trinajstić information content (AvgIpc) is 3.94. The minimum absolute atomic E-state index is 0.110. The summed E-state index contributed by atoms with van der Waals surface area (Å²) in [7, 11) is 0. The molecule has 59 heavy (non-hydrogen) atoms. The molecule has 0 bridgehead atoms. The van der Waals surface area contributed by atoms with Gasteiger partial charge in [-0.3, -0.25) is 28.8 Å². The van der Waals surface area contributed by atoms with Crippen LogP contribution in [0.1, 0.15) is 115 Å². The van der Waals surface area contributed by atoms with E-state index in [4.69, 9.17) is 0 Å². The van der Waals surface area contributed by atoms with E-state index in [1.54, 1.807) is 42.5 Å². The number of Topliss-reactive ketones (excluding diaryl/α,β-unsaturated/α-hetero) is 2. The summed E-state index contributed by atoms with van der Waals surface area (Å²) in [6.07, 6.45) is 10.2. The lowest BCUT2D eigenvalue weighted by Crippen LogP contribution is -2.33. The number of hydrogen-bond donors (Lipinski definition) is 1. The highest BCUT2D eigenvalue weighted by Crippen LogP contribution is 2.41. The van der Waals surface area contributed by atoms with E-state index >= 15 is 0 Å². The van der Waals surface area contributed by atoms with Crippen LogP contribution in [0.3, 0.4) is 0 Å². The highest BCUT2D eigenvalue weighted by Gasteiger charge is 2.43. The van der Waals surface area contributed by atoms with Gasteiger partial charge in [0.1, 0.15) is 11.7 Å². The summed E-state index contributed by atoms with van der Waals surface area (Å²) in [5, 5.41) is 1.25. The van der Waals surface area contributed by atoms with E-state index in [9.17, 15) is 28.8 Å². The molecule has 0 saturated heterocycles. The zero-order valence-corrected chi connectivity index (χ0v) is 32.7. The molecule has 0 unspecified atom stereocenters. The summed E-state index contributed by atoms with van der Waals surface area (Å²) < 4.78 is 0. The van der Waals surface area contributed by atoms with Crippen LogP contribution in [0.4, 0.5) is 5.69 Å². The normalized spacial score (nSPS) is 14.8. The SMILES string of the molecule is CCCCN(CCCC)C(=O)c1ccc2c(=O)[nH]c(C3C(=O)c4cc5cc6c(cc5cc4C3=O)C(=O)N(c3ccc(-c4ccccc4)cc3C3=CC=CC3)C6=O)nc2c1. The summed E-state index contributed by atoms with van der Waals surface area (Å²) in [5.41, 5.74) is 4.91. The van der Waals surface area contributed by atoms with Gasteiger partial charge in [0.15, 0.2) is 11.6 Å². The lowest BCUT2D eigenvalue weighted by molar-refractivity contribution is 0.0749. The number of nitrogens with zero attached hydrogens (tertiary/aromatic N) is 3. The van der Waals surface area contributed by atoms with Gasteiger partial charge in [-0.25, -0.2) is 9.88 Å². The number of carbonyl (C=O) groups is 5. The van der Waals surface area contributed by atoms with Gasteiger partial charge in [0.2, 0.25) is 0 Å². The van der Waals surface area contributed by atoms with Crippen molar-refractivity contribution in [2.45, 2.75) is 51.9 Å². The standard InChI is InChI=1S/C49H40N4O6/c1-3-5-20-52(21-6-4-2)47(57)31-16-18-34-40(27-31)50-45(51-46(34)56)42-43(54)36-23-32-25-38-39(26-33(32)24-37(36)44(42)55)49(59)53(48(38)58)41-19-17-30(28-12-8-7-9-13-28)22-35(41)29-14-10-11-15-29/h7-14,16-19,22-27,42H,3-6,15,20-21H2,1-2H3,(H,50,51,56). The number of unbranched alkanes of at least 4 members (excludes halogenated alkanes) is 2. The fourth-order valence-electron chi connectivity index (χ4n) is 8.41. The molecule has 1 aromatic heterocycles. The maximum absolute atomic E-state index is 14.2. The van der Waals surface area contributed by atoms with Crippen LogP contribution in [-0.4, -0.2) is 57.2 Å². The summed E-state index contributed by atoms with van der Waals surface area (Å²) in [4.78, 5) is 93.7. The highest BCUT2D eigenvalue weighted by molar-refractivity contribution is 6.36. The number of anilines is 1. The Morgan fingerprint density at radius 2 is 1.37 bits per heavy atom. The molecule has 1 N–H and O–H groups in total. The van der Waals surface area contributed by atoms with Gasteiger partial charge in [0.05, 0.1) is 27.7 Å². The molecule has 3 aliphatic rings. The Balaban J connectivity index is 1.04. The van der Waals surface area contributed by atoms with Gasteiger partial charge >= 0.3 is 0 Å². The first-order chi connectivity index (χ1) is 28.7. The number of aromatic amines is 1. The monoisotopic (exact) mass is 780 g/mol. The molecule has 9 rings (SSSR count). The molecule has 292 valence electrons. The van der Waals surface area contributed by atoms with E-state index in [1.165, 1.54) is 4.90 Å². The summed E-state index contributed by atoms with van der Waals surface area (Å²) in [6.45, 7) is 5.37. The number of ketones is 2. The number of nitrogens with one attached hydrogen (secondary N) is 1. The van der Waals surface area contributed by atoms with Crippen LogP contribution in [0, 0.1) is 0 Å². The first-order valence-electron chi connectivity index (χ1n) is 20.1. The average molecular weight is 781 g/mol. The van der Waals surface area contributed by atoms with Gasteiger partial charge in [-0.15, -0.1) is 0 Å². The van der Waals surface area contributed by atoms with E-state index in [-0.39, 0.29) is 44.9 Å². The van der Waals surface area contributed by atoms with Crippen molar-refractivity contribution in [2.24, 2.45) is 0 Å². The van der Waals surface area contributed by atoms with Crippen LogP contribution in [-0.2, 0) is 0 Å². The Labute approximate surface area is 339 Å². The molecule has 0 atom stereocenters. The molecule has 0 fully saturated rings. The molecule has 2 heterocycles. The summed E-state index contributed by atoms with van der Waals surface area (Å²) in [6, 6.07) is 26.7. The number of aromatic nitrogens is 2. The second kappa shape index (κ2) is 15.0. The van der Waals surface area contributed by atoms with Crippen LogP contribution in [0.5, 0.6) is 0 Å². The molecule has 5 aromatic carbocycles. The fraction of sp³-hybridized carbons (Fsp3) is 0.204. The van der Waals surface area contributed by atoms with Crippen LogP contribution >= 0.6 is 0 Å². The molecule has 6 aromatic rings. The van der Waals surface area contributed by atoms with Crippen molar-refractivity contribution >= 4 is 62.2 Å². The predicted molar refractivity (Wildman–Crippen MR) is 228 cm³/mol. The molecule has 1 aliphatic heterocycles. The van der Waals surface area contributed by atoms with Crippen LogP contribution in [0.2, 0.25) is 0 Å². The number of hydrogen-bond acceptors (Lipinski definition) is 7. The number of rotatable bonds is 11. The quantitative estimate of drug-likeness (QED) is 0.102. The molecular formula is C49H40N4O6. The third kappa shape index (κ3) is 6.41. The maximum atomic E-state index is 14.2. The first kappa shape index (κ1) is 37.5. The minimum atomic E-state index is -1.41. The molecular weight excluding hydrogens is 741 g/mol. The summed E-state index contributed by atoms with van der Waals surface area (Å²) in [5.74, 6) is -3.74. The smallest absolute Gasteiger partial charge is 0.266 e. The van der Waals surface area contributed by atoms with Crippen molar-refractivity contribution < 1.29 is 24.0 Å². The number of carbonyl (C=O) groups excluding carboxylic acids is 5. The van der Waals surface area contributed by atoms with Crippen LogP contribution < -0.4 is 10.5 Å². The Hall–Kier alpha value is -7.07. The number of H-pyrrole nitrogens is 1. The Kier molecular flexibility index (Phi) is 9.55. The fourth-order valence-corrected chi connectivity index (χ4v) is 8.41. The van der Waals surface area contributed by atoms with Crippen LogP contribution in [0.15, 0.2) is 114 Å². The van der Waals surface area contributed by atoms with Crippen molar-refractivity contribution in [3.8, 4) is 11.1 Å². The second-order valence-electron chi connectivity index (χ2n) is 15.4. The number of fused-ring (bicyclic) bond motifs is 4. The number of imide groups is 1. The van der Waals surface area contributed by atoms with E-state index in [0.29, 0.717) is 41.5 Å². The second-order valence-corrected chi connectivity index (χ2v) is 15.4. The molecule has 0 spiro atoms. The predicted octanol–water partition coefficient (Wildman–Crippen LogP) is 9.09. The zero-order valence-electron chi connectivity index (χ0n) is 32.7. The topological polar surface area (TPSA) is 138 Å². The Bertz CT molecular complexity index is 2840. The van der Waals surface area contributed by atoms with Gasteiger partial charge in [0.25, 0.3) is 23.3 Å². The first-order valence-corrected chi connectivity index (χ1v) is 20.1. The third-order valence-corrected chi connectivity index (χ3v) is 11.6. The van der Waals surface area contributed by atoms with Gasteiger partial charge < -0.3 is 9.88 Å². The highest BCUT2D eigenvalue weighted by atomic mass is 16.2. The van der Waals surface area contributed by atoms with Crippen molar-refractivity contribution in [1.82, 2.24) is 14.9 Å². The van der Waals surface area contributed by atoms with Crippen molar-refractivity contribution in [1.29, 1.82) is 0 Å². The Morgan fingerprint density at radius 3 is 1.98 bits per heavy atom. The van der Waals surface area contributed by atoms with Crippen molar-refractivity contribution in [3.05, 3.63) is 159 Å². The van der Waals surface area contributed by atoms with Gasteiger partial charge in [-0.1, -0.05) is 81.3 Å². The van der Waals surface area contributed by atoms with Gasteiger partial charge in [-0.2, -0.15) is 0 Å². The van der Waals surface area contributed by atoms with E-state index in [2.05, 4.69) is 23.8 Å². The maximum Gasteiger partial charge on any atom is 0.266 e. The van der Waals surface area contributed by atoms with Crippen molar-refractivity contribution in [2.75, 3.05) is 18.0 Å². The van der Waals surface area contributed by atoms with E-state index in [0.717, 1.165) is 47.9 Å². The van der Waals surface area contributed by atoms with E-state index in [1.807, 2.05) is 71.7 Å². The molecule has 10 heteroatoms. The lowest BCUT2D eigenvalue weighted by atomic mass is 9.96. The van der Waals surface area contributed by atoms with Crippen LogP contribution in [0.25, 0.3) is 38.4 Å². The summed E-state index contributed by atoms with van der Waals surface area (Å²) >= 11 is 0. The molecule has 2 aliphatic carbocycles. The number of amides is 3. The van der Waals surface area contributed by atoms with Gasteiger partial charge in [-0.05, 0) is 101 Å². The minimum Gasteiger partial charge on any atom is -0.339 e. The number of allylic oxidation sites excluding steroid dienone is 4.